The van der Waals surface area contributed by atoms with E-state index in [0.29, 0.717) is 59.3 Å². The summed E-state index contributed by atoms with van der Waals surface area (Å²) < 4.78 is 32.9. The average molecular weight is 473 g/mol. The van der Waals surface area contributed by atoms with Crippen LogP contribution in [-0.4, -0.2) is 36.7 Å². The van der Waals surface area contributed by atoms with Crippen LogP contribution in [0.4, 0.5) is 14.5 Å². The van der Waals surface area contributed by atoms with Crippen LogP contribution in [-0.2, 0) is 18.2 Å². The van der Waals surface area contributed by atoms with Gasteiger partial charge in [-0.3, -0.25) is 9.59 Å². The van der Waals surface area contributed by atoms with Crippen molar-refractivity contribution in [3.05, 3.63) is 86.8 Å². The number of anilines is 1. The molecule has 172 valence electrons. The van der Waals surface area contributed by atoms with E-state index in [-0.39, 0.29) is 23.3 Å². The van der Waals surface area contributed by atoms with Crippen molar-refractivity contribution in [1.29, 1.82) is 0 Å². The fourth-order valence-electron chi connectivity index (χ4n) is 3.92. The molecular weight excluding hydrogens is 450 g/mol. The van der Waals surface area contributed by atoms with Gasteiger partial charge in [-0.1, -0.05) is 29.8 Å². The van der Waals surface area contributed by atoms with E-state index < -0.39 is 6.43 Å². The molecule has 0 spiro atoms. The number of pyridine rings is 1. The van der Waals surface area contributed by atoms with Crippen molar-refractivity contribution in [1.82, 2.24) is 4.57 Å². The van der Waals surface area contributed by atoms with Crippen molar-refractivity contribution in [3.8, 4) is 11.1 Å². The van der Waals surface area contributed by atoms with Crippen molar-refractivity contribution in [3.63, 3.8) is 0 Å². The number of ketones is 1. The first-order valence-electron chi connectivity index (χ1n) is 10.6. The molecule has 0 aliphatic carbocycles. The van der Waals surface area contributed by atoms with E-state index in [9.17, 15) is 18.4 Å². The van der Waals surface area contributed by atoms with Gasteiger partial charge in [0, 0.05) is 60.0 Å². The summed E-state index contributed by atoms with van der Waals surface area (Å²) in [6, 6.07) is 12.6. The Hall–Kier alpha value is -3.03. The van der Waals surface area contributed by atoms with Crippen molar-refractivity contribution in [2.24, 2.45) is 7.05 Å². The Balaban J connectivity index is 1.66. The minimum absolute atomic E-state index is 0.00602. The van der Waals surface area contributed by atoms with E-state index in [1.165, 1.54) is 22.8 Å². The summed E-state index contributed by atoms with van der Waals surface area (Å²) in [4.78, 5) is 27.6. The zero-order valence-corrected chi connectivity index (χ0v) is 18.8. The van der Waals surface area contributed by atoms with Crippen LogP contribution in [0.15, 0.2) is 59.5 Å². The van der Waals surface area contributed by atoms with E-state index in [2.05, 4.69) is 0 Å². The van der Waals surface area contributed by atoms with Gasteiger partial charge in [0.15, 0.2) is 5.78 Å². The molecule has 0 saturated carbocycles. The average Bonchev–Trinajstić information content (AvgIpc) is 2.81. The van der Waals surface area contributed by atoms with Crippen molar-refractivity contribution in [2.75, 3.05) is 31.2 Å². The van der Waals surface area contributed by atoms with Crippen molar-refractivity contribution < 1.29 is 18.3 Å². The number of nitrogens with zero attached hydrogens (tertiary/aromatic N) is 2. The monoisotopic (exact) mass is 472 g/mol. The Morgan fingerprint density at radius 1 is 1.12 bits per heavy atom. The molecule has 3 aromatic rings. The molecule has 0 radical (unpaired) electrons. The van der Waals surface area contributed by atoms with E-state index in [4.69, 9.17) is 16.3 Å². The summed E-state index contributed by atoms with van der Waals surface area (Å²) in [6.45, 7) is 2.32. The molecule has 5 nitrogen and oxygen atoms in total. The fraction of sp³-hybridized carbons (Fsp3) is 0.280. The minimum atomic E-state index is -2.59. The second-order valence-electron chi connectivity index (χ2n) is 7.97. The molecule has 1 aliphatic rings. The van der Waals surface area contributed by atoms with Gasteiger partial charge in [-0.25, -0.2) is 8.78 Å². The highest BCUT2D eigenvalue weighted by molar-refractivity contribution is 6.33. The zero-order chi connectivity index (χ0) is 23.5. The van der Waals surface area contributed by atoms with Crippen LogP contribution in [0.1, 0.15) is 27.9 Å². The van der Waals surface area contributed by atoms with Gasteiger partial charge in [-0.2, -0.15) is 0 Å². The molecule has 33 heavy (non-hydrogen) atoms. The number of carbonyl (C=O) groups is 1. The summed E-state index contributed by atoms with van der Waals surface area (Å²) in [6.07, 6.45) is -0.908. The Bertz CT molecular complexity index is 1240. The number of morpholine rings is 1. The topological polar surface area (TPSA) is 51.5 Å². The summed E-state index contributed by atoms with van der Waals surface area (Å²) in [5.41, 5.74) is 2.58. The molecule has 0 bridgehead atoms. The number of aryl methyl sites for hydroxylation is 1. The highest BCUT2D eigenvalue weighted by Crippen LogP contribution is 2.31. The first-order valence-corrected chi connectivity index (χ1v) is 10.9. The van der Waals surface area contributed by atoms with Crippen LogP contribution in [0, 0.1) is 0 Å². The van der Waals surface area contributed by atoms with Crippen LogP contribution < -0.4 is 10.5 Å². The van der Waals surface area contributed by atoms with E-state index in [0.717, 1.165) is 0 Å². The molecule has 1 aromatic heterocycles. The molecule has 1 aliphatic heterocycles. The number of rotatable bonds is 6. The highest BCUT2D eigenvalue weighted by Gasteiger charge is 2.18. The smallest absolute Gasteiger partial charge is 0.273 e. The van der Waals surface area contributed by atoms with Gasteiger partial charge in [0.05, 0.1) is 13.2 Å². The molecular formula is C25H23ClF2N2O3. The zero-order valence-electron chi connectivity index (χ0n) is 18.1. The van der Waals surface area contributed by atoms with Crippen LogP contribution in [0.5, 0.6) is 0 Å². The lowest BCUT2D eigenvalue weighted by molar-refractivity contribution is 0.0992. The molecule has 0 unspecified atom stereocenters. The first-order chi connectivity index (χ1) is 15.8. The Labute approximate surface area is 195 Å². The summed E-state index contributed by atoms with van der Waals surface area (Å²) in [5.74, 6) is -0.211. The molecule has 2 heterocycles. The lowest BCUT2D eigenvalue weighted by Gasteiger charge is -2.28. The van der Waals surface area contributed by atoms with E-state index in [1.54, 1.807) is 43.6 Å². The van der Waals surface area contributed by atoms with Gasteiger partial charge in [0.2, 0.25) is 0 Å². The third-order valence-electron chi connectivity index (χ3n) is 5.68. The molecule has 0 N–H and O–H groups in total. The number of carbonyl (C=O) groups excluding carboxylic acids is 1. The molecule has 0 atom stereocenters. The maximum absolute atomic E-state index is 13.0. The van der Waals surface area contributed by atoms with Crippen molar-refractivity contribution in [2.45, 2.75) is 12.8 Å². The van der Waals surface area contributed by atoms with Crippen LogP contribution >= 0.6 is 11.6 Å². The predicted octanol–water partition coefficient (Wildman–Crippen LogP) is 4.91. The molecule has 2 aromatic carbocycles. The van der Waals surface area contributed by atoms with Gasteiger partial charge in [-0.15, -0.1) is 0 Å². The van der Waals surface area contributed by atoms with Crippen molar-refractivity contribution >= 4 is 23.1 Å². The Morgan fingerprint density at radius 3 is 2.61 bits per heavy atom. The fourth-order valence-corrected chi connectivity index (χ4v) is 4.15. The lowest BCUT2D eigenvalue weighted by atomic mass is 9.98. The summed E-state index contributed by atoms with van der Waals surface area (Å²) in [5, 5.41) is 0.442. The SMILES string of the molecule is Cn1cc(-c2cc(C(=O)Cc3cccc(C(F)F)c3)ccc2Cl)cc(N2CCOCC2)c1=O. The van der Waals surface area contributed by atoms with Gasteiger partial charge in [-0.05, 0) is 35.9 Å². The van der Waals surface area contributed by atoms with Gasteiger partial charge < -0.3 is 14.2 Å². The molecule has 4 rings (SSSR count). The second kappa shape index (κ2) is 9.85. The number of alkyl halides is 2. The molecule has 8 heteroatoms. The quantitative estimate of drug-likeness (QED) is 0.479. The van der Waals surface area contributed by atoms with Crippen LogP contribution in [0.2, 0.25) is 5.02 Å². The Kier molecular flexibility index (Phi) is 6.91. The summed E-state index contributed by atoms with van der Waals surface area (Å²) >= 11 is 6.47. The largest absolute Gasteiger partial charge is 0.378 e. The molecule has 1 saturated heterocycles. The first kappa shape index (κ1) is 23.1. The Morgan fingerprint density at radius 2 is 1.88 bits per heavy atom. The summed E-state index contributed by atoms with van der Waals surface area (Å²) in [7, 11) is 1.68. The number of benzene rings is 2. The van der Waals surface area contributed by atoms with Gasteiger partial charge in [0.1, 0.15) is 5.69 Å². The van der Waals surface area contributed by atoms with Gasteiger partial charge >= 0.3 is 0 Å². The maximum Gasteiger partial charge on any atom is 0.273 e. The van der Waals surface area contributed by atoms with E-state index in [1.807, 2.05) is 4.90 Å². The predicted molar refractivity (Wildman–Crippen MR) is 125 cm³/mol. The third-order valence-corrected chi connectivity index (χ3v) is 6.01. The number of hydrogen-bond acceptors (Lipinski definition) is 4. The number of ether oxygens (including phenoxy) is 1. The molecule has 0 amide bonds. The number of halogens is 3. The highest BCUT2D eigenvalue weighted by atomic mass is 35.5. The van der Waals surface area contributed by atoms with E-state index >= 15 is 0 Å². The lowest BCUT2D eigenvalue weighted by Crippen LogP contribution is -2.40. The second-order valence-corrected chi connectivity index (χ2v) is 8.38. The number of aromatic nitrogens is 1. The van der Waals surface area contributed by atoms with Crippen LogP contribution in [0.25, 0.3) is 11.1 Å². The maximum atomic E-state index is 13.0. The third kappa shape index (κ3) is 5.15. The number of hydrogen-bond donors (Lipinski definition) is 0. The number of Topliss-reactive ketones (excluding diaryl/α,β-unsaturated/α-hetero) is 1. The minimum Gasteiger partial charge on any atom is -0.378 e. The normalized spacial score (nSPS) is 14.0. The van der Waals surface area contributed by atoms with Crippen LogP contribution in [0.3, 0.4) is 0 Å². The van der Waals surface area contributed by atoms with Gasteiger partial charge in [0.25, 0.3) is 12.0 Å². The molecule has 1 fully saturated rings. The standard InChI is InChI=1S/C25H23ClF2N2O3/c1-29-15-19(14-22(25(29)32)30-7-9-33-10-8-30)20-13-17(5-6-21(20)26)23(31)12-16-3-2-4-18(11-16)24(27)28/h2-6,11,13-15,24H,7-10,12H2,1H3.